The largest absolute Gasteiger partial charge is 0.493 e. The number of rotatable bonds is 10. The average Bonchev–Trinajstić information content (AvgIpc) is 2.47. The molecule has 2 N–H and O–H groups in total. The zero-order chi connectivity index (χ0) is 15.7. The number of hydrogen-bond donors (Lipinski definition) is 1. The predicted molar refractivity (Wildman–Crippen MR) is 89.3 cm³/mol. The van der Waals surface area contributed by atoms with Gasteiger partial charge in [-0.3, -0.25) is 0 Å². The summed E-state index contributed by atoms with van der Waals surface area (Å²) < 4.78 is 11.1. The van der Waals surface area contributed by atoms with Gasteiger partial charge in [0.25, 0.3) is 0 Å². The zero-order valence-electron chi connectivity index (χ0n) is 13.9. The minimum Gasteiger partial charge on any atom is -0.493 e. The molecule has 1 aromatic rings. The van der Waals surface area contributed by atoms with E-state index in [4.69, 9.17) is 15.2 Å². The molecule has 4 nitrogen and oxygen atoms in total. The second kappa shape index (κ2) is 9.50. The third kappa shape index (κ3) is 5.84. The lowest BCUT2D eigenvalue weighted by molar-refractivity contribution is 0.303. The van der Waals surface area contributed by atoms with Crippen molar-refractivity contribution in [1.82, 2.24) is 4.90 Å². The van der Waals surface area contributed by atoms with Crippen molar-refractivity contribution in [2.45, 2.75) is 39.5 Å². The minimum atomic E-state index is 0.629. The van der Waals surface area contributed by atoms with Gasteiger partial charge in [0.2, 0.25) is 0 Å². The van der Waals surface area contributed by atoms with Gasteiger partial charge >= 0.3 is 0 Å². The Morgan fingerprint density at radius 1 is 1.14 bits per heavy atom. The van der Waals surface area contributed by atoms with E-state index in [1.807, 2.05) is 19.1 Å². The van der Waals surface area contributed by atoms with Crippen molar-refractivity contribution in [3.05, 3.63) is 17.7 Å². The van der Waals surface area contributed by atoms with Gasteiger partial charge < -0.3 is 20.1 Å². The summed E-state index contributed by atoms with van der Waals surface area (Å²) in [6.45, 7) is 7.08. The fraction of sp³-hybridized carbons (Fsp3) is 0.647. The van der Waals surface area contributed by atoms with E-state index in [-0.39, 0.29) is 0 Å². The maximum absolute atomic E-state index is 5.95. The first-order chi connectivity index (χ1) is 10.1. The molecule has 0 aliphatic carbocycles. The van der Waals surface area contributed by atoms with Crippen LogP contribution in [0, 0.1) is 0 Å². The van der Waals surface area contributed by atoms with Crippen LogP contribution in [0.15, 0.2) is 12.1 Å². The summed E-state index contributed by atoms with van der Waals surface area (Å²) in [7, 11) is 3.83. The van der Waals surface area contributed by atoms with Crippen LogP contribution >= 0.6 is 0 Å². The van der Waals surface area contributed by atoms with Gasteiger partial charge in [0.1, 0.15) is 0 Å². The van der Waals surface area contributed by atoms with Gasteiger partial charge in [0.15, 0.2) is 11.5 Å². The summed E-state index contributed by atoms with van der Waals surface area (Å²) in [5, 5.41) is 0. The van der Waals surface area contributed by atoms with Crippen LogP contribution < -0.4 is 15.2 Å². The molecule has 0 bridgehead atoms. The highest BCUT2D eigenvalue weighted by atomic mass is 16.5. The summed E-state index contributed by atoms with van der Waals surface area (Å²) in [5.74, 6) is 1.57. The number of nitrogens with zero attached hydrogens (tertiary/aromatic N) is 1. The Hall–Kier alpha value is -1.42. The van der Waals surface area contributed by atoms with Crippen LogP contribution in [0.3, 0.4) is 0 Å². The molecule has 1 rings (SSSR count). The van der Waals surface area contributed by atoms with E-state index in [1.165, 1.54) is 12.8 Å². The van der Waals surface area contributed by atoms with Gasteiger partial charge in [-0.2, -0.15) is 0 Å². The molecule has 4 heteroatoms. The highest BCUT2D eigenvalue weighted by Crippen LogP contribution is 2.34. The second-order valence-corrected chi connectivity index (χ2v) is 5.40. The molecule has 0 atom stereocenters. The number of hydrogen-bond acceptors (Lipinski definition) is 4. The Morgan fingerprint density at radius 2 is 1.86 bits per heavy atom. The quantitative estimate of drug-likeness (QED) is 0.672. The van der Waals surface area contributed by atoms with Gasteiger partial charge in [-0.25, -0.2) is 0 Å². The van der Waals surface area contributed by atoms with Crippen LogP contribution in [0.4, 0.5) is 5.69 Å². The fourth-order valence-corrected chi connectivity index (χ4v) is 2.41. The molecule has 120 valence electrons. The van der Waals surface area contributed by atoms with Crippen molar-refractivity contribution >= 4 is 5.69 Å². The minimum absolute atomic E-state index is 0.629. The standard InChI is InChI=1S/C17H30N2O2/c1-5-7-10-19(3)11-8-9-14-12-15(18)13-16(20-4)17(14)21-6-2/h12-13H,5-11,18H2,1-4H3. The van der Waals surface area contributed by atoms with Crippen molar-refractivity contribution in [3.8, 4) is 11.5 Å². The SMILES string of the molecule is CCCCN(C)CCCc1cc(N)cc(OC)c1OCC. The van der Waals surface area contributed by atoms with Gasteiger partial charge in [-0.1, -0.05) is 13.3 Å². The molecular formula is C17H30N2O2. The summed E-state index contributed by atoms with van der Waals surface area (Å²) in [5.41, 5.74) is 7.81. The topological polar surface area (TPSA) is 47.7 Å². The first kappa shape index (κ1) is 17.6. The van der Waals surface area contributed by atoms with Gasteiger partial charge in [0, 0.05) is 17.3 Å². The smallest absolute Gasteiger partial charge is 0.164 e. The molecule has 0 spiro atoms. The van der Waals surface area contributed by atoms with Crippen LogP contribution in [0.2, 0.25) is 0 Å². The third-order valence-corrected chi connectivity index (χ3v) is 3.54. The van der Waals surface area contributed by atoms with E-state index >= 15 is 0 Å². The molecule has 21 heavy (non-hydrogen) atoms. The molecule has 0 radical (unpaired) electrons. The molecule has 0 aromatic heterocycles. The molecule has 0 fully saturated rings. The van der Waals surface area contributed by atoms with E-state index in [0.29, 0.717) is 6.61 Å². The molecule has 0 aliphatic heterocycles. The molecule has 1 aromatic carbocycles. The number of nitrogen functional groups attached to an aromatic ring is 1. The molecule has 0 saturated heterocycles. The van der Waals surface area contributed by atoms with E-state index in [9.17, 15) is 0 Å². The molecule has 0 heterocycles. The van der Waals surface area contributed by atoms with Crippen LogP contribution in [-0.4, -0.2) is 38.8 Å². The number of methoxy groups -OCH3 is 1. The van der Waals surface area contributed by atoms with E-state index in [2.05, 4.69) is 18.9 Å². The second-order valence-electron chi connectivity index (χ2n) is 5.40. The number of benzene rings is 1. The lowest BCUT2D eigenvalue weighted by atomic mass is 10.1. The number of unbranched alkanes of at least 4 members (excludes halogenated alkanes) is 1. The maximum Gasteiger partial charge on any atom is 0.164 e. The Labute approximate surface area is 129 Å². The number of anilines is 1. The lowest BCUT2D eigenvalue weighted by Gasteiger charge is -2.18. The van der Waals surface area contributed by atoms with Crippen molar-refractivity contribution in [1.29, 1.82) is 0 Å². The summed E-state index contributed by atoms with van der Waals surface area (Å²) in [6.07, 6.45) is 4.54. The van der Waals surface area contributed by atoms with Crippen LogP contribution in [0.25, 0.3) is 0 Å². The third-order valence-electron chi connectivity index (χ3n) is 3.54. The van der Waals surface area contributed by atoms with E-state index in [1.54, 1.807) is 7.11 Å². The molecule has 0 unspecified atom stereocenters. The fourth-order valence-electron chi connectivity index (χ4n) is 2.41. The Balaban J connectivity index is 2.66. The molecule has 0 saturated carbocycles. The molecule has 0 aliphatic rings. The number of nitrogens with two attached hydrogens (primary N) is 1. The Kier molecular flexibility index (Phi) is 7.98. The first-order valence-corrected chi connectivity index (χ1v) is 7.90. The highest BCUT2D eigenvalue weighted by molar-refractivity contribution is 5.57. The summed E-state index contributed by atoms with van der Waals surface area (Å²) in [4.78, 5) is 2.38. The average molecular weight is 294 g/mol. The van der Waals surface area contributed by atoms with Gasteiger partial charge in [-0.15, -0.1) is 0 Å². The maximum atomic E-state index is 5.95. The number of aryl methyl sites for hydroxylation is 1. The first-order valence-electron chi connectivity index (χ1n) is 7.90. The van der Waals surface area contributed by atoms with Crippen molar-refractivity contribution in [2.24, 2.45) is 0 Å². The highest BCUT2D eigenvalue weighted by Gasteiger charge is 2.12. The van der Waals surface area contributed by atoms with E-state index < -0.39 is 0 Å². The van der Waals surface area contributed by atoms with Gasteiger partial charge in [-0.05, 0) is 52.4 Å². The van der Waals surface area contributed by atoms with Crippen molar-refractivity contribution < 1.29 is 9.47 Å². The zero-order valence-corrected chi connectivity index (χ0v) is 13.9. The Morgan fingerprint density at radius 3 is 2.48 bits per heavy atom. The number of ether oxygens (including phenoxy) is 2. The van der Waals surface area contributed by atoms with Crippen LogP contribution in [0.5, 0.6) is 11.5 Å². The monoisotopic (exact) mass is 294 g/mol. The normalized spacial score (nSPS) is 10.9. The van der Waals surface area contributed by atoms with Crippen LogP contribution in [0.1, 0.15) is 38.7 Å². The van der Waals surface area contributed by atoms with Crippen LogP contribution in [-0.2, 0) is 6.42 Å². The lowest BCUT2D eigenvalue weighted by Crippen LogP contribution is -2.21. The summed E-state index contributed by atoms with van der Waals surface area (Å²) >= 11 is 0. The van der Waals surface area contributed by atoms with E-state index in [0.717, 1.165) is 48.7 Å². The molecule has 0 amide bonds. The predicted octanol–water partition coefficient (Wildman–Crippen LogP) is 3.34. The van der Waals surface area contributed by atoms with Crippen molar-refractivity contribution in [3.63, 3.8) is 0 Å². The Bertz CT molecular complexity index is 421. The summed E-state index contributed by atoms with van der Waals surface area (Å²) in [6, 6.07) is 3.82. The van der Waals surface area contributed by atoms with Gasteiger partial charge in [0.05, 0.1) is 13.7 Å². The molecular weight excluding hydrogens is 264 g/mol. The van der Waals surface area contributed by atoms with Crippen molar-refractivity contribution in [2.75, 3.05) is 39.6 Å².